The number of para-hydroxylation sites is 2. The van der Waals surface area contributed by atoms with Gasteiger partial charge in [-0.2, -0.15) is 0 Å². The molecule has 0 fully saturated rings. The van der Waals surface area contributed by atoms with E-state index >= 15 is 0 Å². The van der Waals surface area contributed by atoms with Crippen LogP contribution in [0.25, 0.3) is 27.6 Å². The van der Waals surface area contributed by atoms with Gasteiger partial charge < -0.3 is 9.72 Å². The van der Waals surface area contributed by atoms with Gasteiger partial charge in [0.15, 0.2) is 5.16 Å². The van der Waals surface area contributed by atoms with E-state index in [2.05, 4.69) is 9.97 Å². The summed E-state index contributed by atoms with van der Waals surface area (Å²) >= 11 is 1.04. The molecule has 0 aliphatic heterocycles. The van der Waals surface area contributed by atoms with Crippen molar-refractivity contribution < 1.29 is 13.9 Å². The van der Waals surface area contributed by atoms with E-state index in [4.69, 9.17) is 4.74 Å². The van der Waals surface area contributed by atoms with Crippen LogP contribution in [-0.4, -0.2) is 32.9 Å². The highest BCUT2D eigenvalue weighted by atomic mass is 32.2. The number of halogens is 1. The molecule has 28 heavy (non-hydrogen) atoms. The van der Waals surface area contributed by atoms with Crippen LogP contribution in [0.4, 0.5) is 4.39 Å². The number of hydrogen-bond donors (Lipinski definition) is 1. The van der Waals surface area contributed by atoms with Crippen molar-refractivity contribution in [1.29, 1.82) is 0 Å². The van der Waals surface area contributed by atoms with Crippen LogP contribution in [0.5, 0.6) is 0 Å². The quantitative estimate of drug-likeness (QED) is 0.316. The number of aromatic nitrogens is 3. The third-order valence-electron chi connectivity index (χ3n) is 4.21. The van der Waals surface area contributed by atoms with E-state index < -0.39 is 17.3 Å². The van der Waals surface area contributed by atoms with Crippen LogP contribution >= 0.6 is 11.8 Å². The lowest BCUT2D eigenvalue weighted by Crippen LogP contribution is -2.23. The Bertz CT molecular complexity index is 1250. The van der Waals surface area contributed by atoms with Crippen LogP contribution in [-0.2, 0) is 9.53 Å². The molecule has 0 saturated heterocycles. The van der Waals surface area contributed by atoms with Crippen LogP contribution in [0.2, 0.25) is 0 Å². The fourth-order valence-corrected chi connectivity index (χ4v) is 3.81. The zero-order valence-electron chi connectivity index (χ0n) is 14.9. The van der Waals surface area contributed by atoms with Gasteiger partial charge in [0.2, 0.25) is 0 Å². The largest absolute Gasteiger partial charge is 0.465 e. The van der Waals surface area contributed by atoms with Crippen LogP contribution in [0.1, 0.15) is 6.92 Å². The Morgan fingerprint density at radius 2 is 1.96 bits per heavy atom. The van der Waals surface area contributed by atoms with Gasteiger partial charge in [-0.1, -0.05) is 42.1 Å². The summed E-state index contributed by atoms with van der Waals surface area (Å²) in [7, 11) is 0. The number of benzene rings is 2. The fourth-order valence-electron chi connectivity index (χ4n) is 3.01. The van der Waals surface area contributed by atoms with E-state index in [1.165, 1.54) is 16.7 Å². The molecular formula is C20H16FN3O3S. The monoisotopic (exact) mass is 397 g/mol. The minimum atomic E-state index is -0.556. The second kappa shape index (κ2) is 7.47. The lowest BCUT2D eigenvalue weighted by molar-refractivity contribution is -0.139. The third-order valence-corrected chi connectivity index (χ3v) is 5.12. The molecule has 0 aliphatic carbocycles. The summed E-state index contributed by atoms with van der Waals surface area (Å²) in [4.78, 5) is 32.7. The molecule has 0 radical (unpaired) electrons. The zero-order valence-corrected chi connectivity index (χ0v) is 15.8. The summed E-state index contributed by atoms with van der Waals surface area (Å²) in [6.07, 6.45) is 0. The van der Waals surface area contributed by atoms with Crippen LogP contribution in [0, 0.1) is 5.82 Å². The average Bonchev–Trinajstić information content (AvgIpc) is 3.07. The standard InChI is InChI=1S/C20H16FN3O3S/c1-2-27-16(25)11-28-20-23-17-12-7-3-5-9-14(12)22-18(17)19(26)24(20)15-10-6-4-8-13(15)21/h3-10,22H,2,11H2,1H3. The first-order chi connectivity index (χ1) is 13.6. The molecule has 6 nitrogen and oxygen atoms in total. The summed E-state index contributed by atoms with van der Waals surface area (Å²) in [5.74, 6) is -1.02. The van der Waals surface area contributed by atoms with Crippen molar-refractivity contribution in [1.82, 2.24) is 14.5 Å². The van der Waals surface area contributed by atoms with E-state index in [0.717, 1.165) is 22.7 Å². The minimum absolute atomic E-state index is 0.0391. The number of thioether (sulfide) groups is 1. The number of rotatable bonds is 5. The second-order valence-corrected chi connectivity index (χ2v) is 6.92. The lowest BCUT2D eigenvalue weighted by Gasteiger charge is -2.12. The number of aromatic amines is 1. The molecule has 1 N–H and O–H groups in total. The Balaban J connectivity index is 1.96. The van der Waals surface area contributed by atoms with Gasteiger partial charge in [-0.3, -0.25) is 14.2 Å². The Labute approximate surface area is 163 Å². The molecule has 2 heterocycles. The fraction of sp³-hybridized carbons (Fsp3) is 0.150. The molecule has 0 spiro atoms. The zero-order chi connectivity index (χ0) is 19.7. The number of nitrogens with one attached hydrogen (secondary N) is 1. The number of carbonyl (C=O) groups excluding carboxylic acids is 1. The second-order valence-electron chi connectivity index (χ2n) is 5.97. The van der Waals surface area contributed by atoms with Gasteiger partial charge in [-0.15, -0.1) is 0 Å². The first kappa shape index (κ1) is 18.2. The van der Waals surface area contributed by atoms with Gasteiger partial charge in [0.1, 0.15) is 16.9 Å². The van der Waals surface area contributed by atoms with Crippen molar-refractivity contribution in [3.05, 3.63) is 64.7 Å². The maximum Gasteiger partial charge on any atom is 0.316 e. The number of nitrogens with zero attached hydrogens (tertiary/aromatic N) is 2. The van der Waals surface area contributed by atoms with Crippen molar-refractivity contribution in [2.75, 3.05) is 12.4 Å². The molecule has 0 unspecified atom stereocenters. The van der Waals surface area contributed by atoms with Gasteiger partial charge in [0, 0.05) is 10.9 Å². The van der Waals surface area contributed by atoms with Gasteiger partial charge in [0.25, 0.3) is 5.56 Å². The summed E-state index contributed by atoms with van der Waals surface area (Å²) in [6, 6.07) is 13.4. The van der Waals surface area contributed by atoms with Gasteiger partial charge in [-0.05, 0) is 25.1 Å². The molecule has 8 heteroatoms. The molecule has 2 aromatic heterocycles. The van der Waals surface area contributed by atoms with Gasteiger partial charge in [-0.25, -0.2) is 9.37 Å². The van der Waals surface area contributed by atoms with E-state index in [1.54, 1.807) is 19.1 Å². The van der Waals surface area contributed by atoms with Crippen molar-refractivity contribution in [2.45, 2.75) is 12.1 Å². The molecule has 142 valence electrons. The van der Waals surface area contributed by atoms with Gasteiger partial charge >= 0.3 is 5.97 Å². The Hall–Kier alpha value is -3.13. The number of esters is 1. The summed E-state index contributed by atoms with van der Waals surface area (Å²) in [5, 5.41) is 1.01. The molecule has 0 bridgehead atoms. The molecule has 0 atom stereocenters. The van der Waals surface area contributed by atoms with Crippen LogP contribution < -0.4 is 5.56 Å². The molecule has 4 rings (SSSR count). The summed E-state index contributed by atoms with van der Waals surface area (Å²) in [6.45, 7) is 1.97. The smallest absolute Gasteiger partial charge is 0.316 e. The normalized spacial score (nSPS) is 11.2. The predicted molar refractivity (Wildman–Crippen MR) is 107 cm³/mol. The van der Waals surface area contributed by atoms with E-state index in [9.17, 15) is 14.0 Å². The SMILES string of the molecule is CCOC(=O)CSc1nc2c([nH]c3ccccc32)c(=O)n1-c1ccccc1F. The highest BCUT2D eigenvalue weighted by Crippen LogP contribution is 2.27. The Kier molecular flexibility index (Phi) is 4.87. The third kappa shape index (κ3) is 3.16. The Morgan fingerprint density at radius 3 is 2.75 bits per heavy atom. The minimum Gasteiger partial charge on any atom is -0.465 e. The number of fused-ring (bicyclic) bond motifs is 3. The maximum atomic E-state index is 14.5. The number of hydrogen-bond acceptors (Lipinski definition) is 5. The topological polar surface area (TPSA) is 77.0 Å². The van der Waals surface area contributed by atoms with Gasteiger partial charge in [0.05, 0.1) is 18.0 Å². The number of ether oxygens (including phenoxy) is 1. The molecule has 0 saturated carbocycles. The first-order valence-corrected chi connectivity index (χ1v) is 9.65. The highest BCUT2D eigenvalue weighted by molar-refractivity contribution is 7.99. The average molecular weight is 397 g/mol. The Morgan fingerprint density at radius 1 is 1.21 bits per heavy atom. The predicted octanol–water partition coefficient (Wildman–Crippen LogP) is 3.66. The highest BCUT2D eigenvalue weighted by Gasteiger charge is 2.19. The van der Waals surface area contributed by atoms with Crippen molar-refractivity contribution in [3.8, 4) is 5.69 Å². The van der Waals surface area contributed by atoms with E-state index in [1.807, 2.05) is 24.3 Å². The summed E-state index contributed by atoms with van der Waals surface area (Å²) < 4.78 is 20.6. The van der Waals surface area contributed by atoms with Crippen molar-refractivity contribution in [3.63, 3.8) is 0 Å². The molecule has 0 amide bonds. The lowest BCUT2D eigenvalue weighted by atomic mass is 10.2. The van der Waals surface area contributed by atoms with Crippen molar-refractivity contribution in [2.24, 2.45) is 0 Å². The van der Waals surface area contributed by atoms with E-state index in [-0.39, 0.29) is 28.7 Å². The molecule has 4 aromatic rings. The molecule has 2 aromatic carbocycles. The maximum absolute atomic E-state index is 14.5. The van der Waals surface area contributed by atoms with Crippen LogP contribution in [0.3, 0.4) is 0 Å². The molecular weight excluding hydrogens is 381 g/mol. The number of H-pyrrole nitrogens is 1. The molecule has 0 aliphatic rings. The summed E-state index contributed by atoms with van der Waals surface area (Å²) in [5.41, 5.74) is 1.17. The number of carbonyl (C=O) groups is 1. The van der Waals surface area contributed by atoms with Crippen LogP contribution in [0.15, 0.2) is 58.5 Å². The van der Waals surface area contributed by atoms with Crippen molar-refractivity contribution >= 4 is 39.7 Å². The van der Waals surface area contributed by atoms with E-state index in [0.29, 0.717) is 5.52 Å². The first-order valence-electron chi connectivity index (χ1n) is 8.67.